The predicted octanol–water partition coefficient (Wildman–Crippen LogP) is 4.72. The number of hydrogen-bond acceptors (Lipinski definition) is 5. The first kappa shape index (κ1) is 19.6. The summed E-state index contributed by atoms with van der Waals surface area (Å²) in [5.41, 5.74) is 2.77. The second-order valence-corrected chi connectivity index (χ2v) is 7.96. The van der Waals surface area contributed by atoms with Crippen LogP contribution in [0.2, 0.25) is 0 Å². The van der Waals surface area contributed by atoms with Crippen molar-refractivity contribution < 1.29 is 14.6 Å². The van der Waals surface area contributed by atoms with E-state index >= 15 is 0 Å². The van der Waals surface area contributed by atoms with Crippen LogP contribution in [0.25, 0.3) is 6.08 Å². The van der Waals surface area contributed by atoms with Crippen molar-refractivity contribution in [1.29, 1.82) is 0 Å². The fraction of sp³-hybridized carbons (Fsp3) is 0.250. The maximum absolute atomic E-state index is 12.3. The molecule has 1 aliphatic heterocycles. The van der Waals surface area contributed by atoms with Crippen LogP contribution in [0.3, 0.4) is 0 Å². The van der Waals surface area contributed by atoms with Crippen molar-refractivity contribution in [2.24, 2.45) is 0 Å². The Labute approximate surface area is 171 Å². The fourth-order valence-electron chi connectivity index (χ4n) is 2.65. The van der Waals surface area contributed by atoms with Gasteiger partial charge in [0.1, 0.15) is 0 Å². The van der Waals surface area contributed by atoms with Gasteiger partial charge in [0, 0.05) is 5.69 Å². The van der Waals surface area contributed by atoms with Gasteiger partial charge in [0.25, 0.3) is 5.91 Å². The summed E-state index contributed by atoms with van der Waals surface area (Å²) in [6, 6.07) is 11.6. The van der Waals surface area contributed by atoms with E-state index in [9.17, 15) is 9.90 Å². The second-order valence-electron chi connectivity index (χ2n) is 5.96. The third-order valence-electron chi connectivity index (χ3n) is 4.04. The lowest BCUT2D eigenvalue weighted by molar-refractivity contribution is -0.116. The number of aryl methyl sites for hydroxylation is 1. The second kappa shape index (κ2) is 8.71. The first-order valence-electron chi connectivity index (χ1n) is 8.70. The van der Waals surface area contributed by atoms with Crippen LogP contribution in [0.1, 0.15) is 25.0 Å². The van der Waals surface area contributed by atoms with Gasteiger partial charge >= 0.3 is 0 Å². The number of anilines is 1. The molecule has 0 aromatic heterocycles. The van der Waals surface area contributed by atoms with Crippen LogP contribution in [0.15, 0.2) is 45.8 Å². The lowest BCUT2D eigenvalue weighted by Gasteiger charge is -2.13. The number of carbonyl (C=O) groups is 1. The maximum Gasteiger partial charge on any atom is 0.260 e. The summed E-state index contributed by atoms with van der Waals surface area (Å²) < 4.78 is 5.96. The van der Waals surface area contributed by atoms with Gasteiger partial charge in [-0.05, 0) is 70.7 Å². The number of benzene rings is 2. The van der Waals surface area contributed by atoms with Crippen molar-refractivity contribution in [3.05, 3.63) is 56.9 Å². The van der Waals surface area contributed by atoms with Crippen LogP contribution in [0, 0.1) is 0 Å². The van der Waals surface area contributed by atoms with Crippen molar-refractivity contribution in [2.45, 2.75) is 25.8 Å². The van der Waals surface area contributed by atoms with E-state index < -0.39 is 0 Å². The SMILES string of the molecule is CCOc1cc(/C=C2\SC(Nc3ccc(CC)cc3)NC2=O)cc(Br)c1O. The van der Waals surface area contributed by atoms with Crippen LogP contribution in [-0.4, -0.2) is 23.1 Å². The number of halogens is 1. The quantitative estimate of drug-likeness (QED) is 0.557. The van der Waals surface area contributed by atoms with E-state index in [0.717, 1.165) is 17.7 Å². The zero-order valence-corrected chi connectivity index (χ0v) is 17.5. The molecule has 3 rings (SSSR count). The molecule has 1 fully saturated rings. The molecule has 0 spiro atoms. The third kappa shape index (κ3) is 4.78. The Morgan fingerprint density at radius 2 is 2.04 bits per heavy atom. The van der Waals surface area contributed by atoms with Gasteiger partial charge in [-0.25, -0.2) is 0 Å². The van der Waals surface area contributed by atoms with E-state index in [1.54, 1.807) is 18.2 Å². The molecule has 1 saturated heterocycles. The van der Waals surface area contributed by atoms with Crippen LogP contribution in [0.5, 0.6) is 11.5 Å². The van der Waals surface area contributed by atoms with Gasteiger partial charge in [-0.1, -0.05) is 30.8 Å². The van der Waals surface area contributed by atoms with Crippen LogP contribution in [0.4, 0.5) is 5.69 Å². The highest BCUT2D eigenvalue weighted by Gasteiger charge is 2.27. The molecule has 3 N–H and O–H groups in total. The van der Waals surface area contributed by atoms with E-state index in [2.05, 4.69) is 45.6 Å². The standard InChI is InChI=1S/C20H21BrN2O3S/c1-3-12-5-7-14(8-6-12)22-20-23-19(25)17(27-20)11-13-9-15(21)18(24)16(10-13)26-4-2/h5-11,20,22,24H,3-4H2,1-2H3,(H,23,25)/b17-11-. The van der Waals surface area contributed by atoms with Crippen LogP contribution < -0.4 is 15.4 Å². The number of aromatic hydroxyl groups is 1. The third-order valence-corrected chi connectivity index (χ3v) is 5.67. The summed E-state index contributed by atoms with van der Waals surface area (Å²) >= 11 is 4.74. The summed E-state index contributed by atoms with van der Waals surface area (Å²) in [4.78, 5) is 12.9. The number of carbonyl (C=O) groups excluding carboxylic acids is 1. The van der Waals surface area contributed by atoms with Gasteiger partial charge in [0.2, 0.25) is 0 Å². The Bertz CT molecular complexity index is 868. The van der Waals surface area contributed by atoms with E-state index in [-0.39, 0.29) is 17.2 Å². The van der Waals surface area contributed by atoms with Gasteiger partial charge in [0.05, 0.1) is 16.0 Å². The molecule has 1 amide bonds. The number of nitrogens with one attached hydrogen (secondary N) is 2. The van der Waals surface area contributed by atoms with E-state index in [0.29, 0.717) is 21.7 Å². The van der Waals surface area contributed by atoms with Crippen molar-refractivity contribution in [2.75, 3.05) is 11.9 Å². The minimum absolute atomic E-state index is 0.0533. The minimum atomic E-state index is -0.233. The molecule has 1 unspecified atom stereocenters. The topological polar surface area (TPSA) is 70.6 Å². The molecular weight excluding hydrogens is 428 g/mol. The molecule has 142 valence electrons. The number of thioether (sulfide) groups is 1. The van der Waals surface area contributed by atoms with Crippen LogP contribution in [-0.2, 0) is 11.2 Å². The van der Waals surface area contributed by atoms with E-state index in [1.807, 2.05) is 19.1 Å². The van der Waals surface area contributed by atoms with Crippen molar-refractivity contribution in [1.82, 2.24) is 5.32 Å². The Balaban J connectivity index is 1.74. The average molecular weight is 449 g/mol. The lowest BCUT2D eigenvalue weighted by Crippen LogP contribution is -2.30. The number of hydrogen-bond donors (Lipinski definition) is 3. The number of phenolic OH excluding ortho intramolecular Hbond substituents is 1. The molecule has 0 radical (unpaired) electrons. The number of ether oxygens (including phenoxy) is 1. The molecule has 5 nitrogen and oxygen atoms in total. The highest BCUT2D eigenvalue weighted by atomic mass is 79.9. The Kier molecular flexibility index (Phi) is 6.34. The summed E-state index contributed by atoms with van der Waals surface area (Å²) in [7, 11) is 0. The molecular formula is C20H21BrN2O3S. The first-order chi connectivity index (χ1) is 13.0. The van der Waals surface area contributed by atoms with Crippen molar-refractivity contribution >= 4 is 45.4 Å². The summed E-state index contributed by atoms with van der Waals surface area (Å²) in [6.07, 6.45) is 2.78. The largest absolute Gasteiger partial charge is 0.503 e. The highest BCUT2D eigenvalue weighted by Crippen LogP contribution is 2.37. The normalized spacial score (nSPS) is 17.8. The van der Waals surface area contributed by atoms with Gasteiger partial charge in [-0.3, -0.25) is 4.79 Å². The molecule has 0 bridgehead atoms. The minimum Gasteiger partial charge on any atom is -0.503 e. The molecule has 2 aromatic rings. The Morgan fingerprint density at radius 3 is 2.70 bits per heavy atom. The molecule has 1 heterocycles. The van der Waals surface area contributed by atoms with E-state index in [4.69, 9.17) is 4.74 Å². The van der Waals surface area contributed by atoms with Gasteiger partial charge in [-0.2, -0.15) is 0 Å². The molecule has 1 aliphatic rings. The summed E-state index contributed by atoms with van der Waals surface area (Å²) in [5.74, 6) is 0.301. The number of rotatable bonds is 6. The molecule has 2 aromatic carbocycles. The van der Waals surface area contributed by atoms with E-state index in [1.165, 1.54) is 17.3 Å². The predicted molar refractivity (Wildman–Crippen MR) is 114 cm³/mol. The number of phenols is 1. The van der Waals surface area contributed by atoms with Gasteiger partial charge < -0.3 is 20.5 Å². The number of amides is 1. The molecule has 7 heteroatoms. The monoisotopic (exact) mass is 448 g/mol. The average Bonchev–Trinajstić information content (AvgIpc) is 2.99. The van der Waals surface area contributed by atoms with Crippen molar-refractivity contribution in [3.8, 4) is 11.5 Å². The summed E-state index contributed by atoms with van der Waals surface area (Å²) in [6.45, 7) is 4.41. The molecule has 0 saturated carbocycles. The smallest absolute Gasteiger partial charge is 0.260 e. The first-order valence-corrected chi connectivity index (χ1v) is 10.4. The zero-order valence-electron chi connectivity index (χ0n) is 15.1. The molecule has 27 heavy (non-hydrogen) atoms. The zero-order chi connectivity index (χ0) is 19.4. The molecule has 1 atom stereocenters. The lowest BCUT2D eigenvalue weighted by atomic mass is 10.1. The Morgan fingerprint density at radius 1 is 1.30 bits per heavy atom. The summed E-state index contributed by atoms with van der Waals surface area (Å²) in [5, 5.41) is 16.2. The fourth-order valence-corrected chi connectivity index (χ4v) is 4.09. The Hall–Kier alpha value is -2.12. The van der Waals surface area contributed by atoms with Crippen molar-refractivity contribution in [3.63, 3.8) is 0 Å². The van der Waals surface area contributed by atoms with Gasteiger partial charge in [-0.15, -0.1) is 0 Å². The van der Waals surface area contributed by atoms with Crippen LogP contribution >= 0.6 is 27.7 Å². The molecule has 0 aliphatic carbocycles. The highest BCUT2D eigenvalue weighted by molar-refractivity contribution is 9.10. The maximum atomic E-state index is 12.3. The van der Waals surface area contributed by atoms with Gasteiger partial charge in [0.15, 0.2) is 17.0 Å².